The van der Waals surface area contributed by atoms with Crippen LogP contribution < -0.4 is 5.32 Å². The van der Waals surface area contributed by atoms with E-state index in [9.17, 15) is 4.79 Å². The summed E-state index contributed by atoms with van der Waals surface area (Å²) in [5.41, 5.74) is 2.65. The smallest absolute Gasteiger partial charge is 0.251 e. The summed E-state index contributed by atoms with van der Waals surface area (Å²) >= 11 is 6.02. The number of amides is 1. The van der Waals surface area contributed by atoms with Crippen molar-refractivity contribution in [1.82, 2.24) is 5.32 Å². The van der Waals surface area contributed by atoms with E-state index in [1.807, 2.05) is 32.0 Å². The molecule has 1 aromatic rings. The minimum absolute atomic E-state index is 0.0564. The van der Waals surface area contributed by atoms with Crippen LogP contribution in [0.1, 0.15) is 48.2 Å². The van der Waals surface area contributed by atoms with Crippen LogP contribution in [0.4, 0.5) is 0 Å². The van der Waals surface area contributed by atoms with E-state index in [1.54, 1.807) is 0 Å². The zero-order valence-corrected chi connectivity index (χ0v) is 12.2. The van der Waals surface area contributed by atoms with Gasteiger partial charge in [-0.05, 0) is 36.1 Å². The fourth-order valence-corrected chi connectivity index (χ4v) is 2.72. The zero-order chi connectivity index (χ0) is 13.9. The number of halogens is 1. The maximum atomic E-state index is 12.3. The number of fused-ring (bicyclic) bond motifs is 1. The Bertz CT molecular complexity index is 461. The number of benzene rings is 1. The first-order valence-electron chi connectivity index (χ1n) is 6.72. The van der Waals surface area contributed by atoms with Crippen LogP contribution in [-0.4, -0.2) is 17.3 Å². The molecule has 2 rings (SSSR count). The van der Waals surface area contributed by atoms with Crippen molar-refractivity contribution in [2.75, 3.05) is 5.88 Å². The second-order valence-electron chi connectivity index (χ2n) is 5.05. The van der Waals surface area contributed by atoms with Gasteiger partial charge in [-0.25, -0.2) is 0 Å². The number of alkyl halides is 1. The molecule has 0 saturated heterocycles. The molecular formula is C15H20ClNO2. The third-order valence-corrected chi connectivity index (χ3v) is 4.48. The summed E-state index contributed by atoms with van der Waals surface area (Å²) in [5, 5.41) is 3.08. The van der Waals surface area contributed by atoms with E-state index < -0.39 is 0 Å². The molecular weight excluding hydrogens is 262 g/mol. The lowest BCUT2D eigenvalue weighted by atomic mass is 9.94. The highest BCUT2D eigenvalue weighted by atomic mass is 35.5. The van der Waals surface area contributed by atoms with Crippen LogP contribution in [0.5, 0.6) is 0 Å². The summed E-state index contributed by atoms with van der Waals surface area (Å²) in [6.45, 7) is 5.33. The summed E-state index contributed by atoms with van der Waals surface area (Å²) in [7, 11) is 0. The first-order chi connectivity index (χ1) is 9.14. The van der Waals surface area contributed by atoms with Crippen LogP contribution in [-0.2, 0) is 18.0 Å². The number of rotatable bonds is 5. The molecule has 1 N–H and O–H groups in total. The molecule has 0 fully saturated rings. The number of carbonyl (C=O) groups excluding carboxylic acids is 1. The Morgan fingerprint density at radius 3 is 2.63 bits per heavy atom. The van der Waals surface area contributed by atoms with E-state index in [1.165, 1.54) is 5.56 Å². The lowest BCUT2D eigenvalue weighted by Crippen LogP contribution is -2.49. The zero-order valence-electron chi connectivity index (χ0n) is 11.5. The Kier molecular flexibility index (Phi) is 4.48. The van der Waals surface area contributed by atoms with Crippen LogP contribution in [0.2, 0.25) is 0 Å². The summed E-state index contributed by atoms with van der Waals surface area (Å²) < 4.78 is 5.36. The van der Waals surface area contributed by atoms with Crippen LogP contribution >= 0.6 is 11.6 Å². The van der Waals surface area contributed by atoms with Crippen molar-refractivity contribution in [3.63, 3.8) is 0 Å². The van der Waals surface area contributed by atoms with Crippen molar-refractivity contribution in [3.05, 3.63) is 34.9 Å². The summed E-state index contributed by atoms with van der Waals surface area (Å²) in [6, 6.07) is 5.74. The Morgan fingerprint density at radius 1 is 1.32 bits per heavy atom. The van der Waals surface area contributed by atoms with Crippen molar-refractivity contribution in [2.45, 2.75) is 45.4 Å². The van der Waals surface area contributed by atoms with E-state index in [0.29, 0.717) is 24.7 Å². The van der Waals surface area contributed by atoms with Gasteiger partial charge in [0.15, 0.2) is 0 Å². The minimum Gasteiger partial charge on any atom is -0.372 e. The van der Waals surface area contributed by atoms with Gasteiger partial charge in [0, 0.05) is 11.4 Å². The van der Waals surface area contributed by atoms with E-state index in [0.717, 1.165) is 18.4 Å². The molecule has 0 radical (unpaired) electrons. The molecule has 0 saturated carbocycles. The lowest BCUT2D eigenvalue weighted by molar-refractivity contribution is 0.0902. The first kappa shape index (κ1) is 14.4. The molecule has 1 aliphatic rings. The van der Waals surface area contributed by atoms with Crippen molar-refractivity contribution in [3.8, 4) is 0 Å². The monoisotopic (exact) mass is 281 g/mol. The Labute approximate surface area is 119 Å². The highest BCUT2D eigenvalue weighted by Crippen LogP contribution is 2.22. The number of hydrogen-bond acceptors (Lipinski definition) is 2. The molecule has 104 valence electrons. The molecule has 0 atom stereocenters. The van der Waals surface area contributed by atoms with Crippen LogP contribution in [0, 0.1) is 0 Å². The largest absolute Gasteiger partial charge is 0.372 e. The Balaban J connectivity index is 2.16. The highest BCUT2D eigenvalue weighted by molar-refractivity contribution is 6.19. The van der Waals surface area contributed by atoms with Gasteiger partial charge in [-0.3, -0.25) is 4.79 Å². The standard InChI is InChI=1S/C15H20ClNO2/c1-3-15(4-2,10-16)17-14(18)11-5-6-12-8-19-9-13(12)7-11/h5-7H,3-4,8-10H2,1-2H3,(H,17,18). The first-order valence-corrected chi connectivity index (χ1v) is 7.25. The average molecular weight is 282 g/mol. The third-order valence-electron chi connectivity index (χ3n) is 3.97. The maximum Gasteiger partial charge on any atom is 0.251 e. The molecule has 1 aliphatic heterocycles. The van der Waals surface area contributed by atoms with E-state index in [2.05, 4.69) is 5.32 Å². The number of carbonyl (C=O) groups is 1. The van der Waals surface area contributed by atoms with Gasteiger partial charge in [0.1, 0.15) is 0 Å². The fourth-order valence-electron chi connectivity index (χ4n) is 2.28. The molecule has 0 bridgehead atoms. The van der Waals surface area contributed by atoms with Crippen molar-refractivity contribution in [2.24, 2.45) is 0 Å². The van der Waals surface area contributed by atoms with Crippen molar-refractivity contribution < 1.29 is 9.53 Å². The predicted molar refractivity (Wildman–Crippen MR) is 76.4 cm³/mol. The molecule has 1 heterocycles. The third kappa shape index (κ3) is 2.93. The molecule has 0 unspecified atom stereocenters. The second kappa shape index (κ2) is 5.93. The fraction of sp³-hybridized carbons (Fsp3) is 0.533. The van der Waals surface area contributed by atoms with Gasteiger partial charge < -0.3 is 10.1 Å². The van der Waals surface area contributed by atoms with Crippen LogP contribution in [0.3, 0.4) is 0 Å². The normalized spacial score (nSPS) is 14.3. The number of nitrogens with one attached hydrogen (secondary N) is 1. The molecule has 4 heteroatoms. The maximum absolute atomic E-state index is 12.3. The Morgan fingerprint density at radius 2 is 2.00 bits per heavy atom. The Hall–Kier alpha value is -1.06. The van der Waals surface area contributed by atoms with Crippen molar-refractivity contribution >= 4 is 17.5 Å². The quantitative estimate of drug-likeness (QED) is 0.842. The van der Waals surface area contributed by atoms with Gasteiger partial charge in [-0.1, -0.05) is 19.9 Å². The van der Waals surface area contributed by atoms with Gasteiger partial charge in [-0.2, -0.15) is 0 Å². The van der Waals surface area contributed by atoms with Gasteiger partial charge in [0.05, 0.1) is 18.8 Å². The molecule has 1 amide bonds. The molecule has 3 nitrogen and oxygen atoms in total. The number of ether oxygens (including phenoxy) is 1. The topological polar surface area (TPSA) is 38.3 Å². The number of hydrogen-bond donors (Lipinski definition) is 1. The second-order valence-corrected chi connectivity index (χ2v) is 5.32. The SMILES string of the molecule is CCC(CC)(CCl)NC(=O)c1ccc2c(c1)COC2. The molecule has 19 heavy (non-hydrogen) atoms. The summed E-state index contributed by atoms with van der Waals surface area (Å²) in [5.74, 6) is 0.374. The van der Waals surface area contributed by atoms with Crippen molar-refractivity contribution in [1.29, 1.82) is 0 Å². The minimum atomic E-state index is -0.311. The summed E-state index contributed by atoms with van der Waals surface area (Å²) in [6.07, 6.45) is 1.65. The van der Waals surface area contributed by atoms with E-state index >= 15 is 0 Å². The van der Waals surface area contributed by atoms with Gasteiger partial charge >= 0.3 is 0 Å². The lowest BCUT2D eigenvalue weighted by Gasteiger charge is -2.30. The average Bonchev–Trinajstić information content (AvgIpc) is 2.92. The molecule has 0 spiro atoms. The highest BCUT2D eigenvalue weighted by Gasteiger charge is 2.27. The van der Waals surface area contributed by atoms with Gasteiger partial charge in [0.2, 0.25) is 0 Å². The molecule has 0 aliphatic carbocycles. The van der Waals surface area contributed by atoms with Crippen LogP contribution in [0.25, 0.3) is 0 Å². The predicted octanol–water partition coefficient (Wildman–Crippen LogP) is 3.24. The molecule has 0 aromatic heterocycles. The molecule has 1 aromatic carbocycles. The summed E-state index contributed by atoms with van der Waals surface area (Å²) in [4.78, 5) is 12.3. The van der Waals surface area contributed by atoms with Gasteiger partial charge in [-0.15, -0.1) is 11.6 Å². The van der Waals surface area contributed by atoms with Crippen LogP contribution in [0.15, 0.2) is 18.2 Å². The van der Waals surface area contributed by atoms with E-state index in [-0.39, 0.29) is 11.4 Å². The van der Waals surface area contributed by atoms with Gasteiger partial charge in [0.25, 0.3) is 5.91 Å². The van der Waals surface area contributed by atoms with E-state index in [4.69, 9.17) is 16.3 Å².